The lowest BCUT2D eigenvalue weighted by Gasteiger charge is -2.27. The van der Waals surface area contributed by atoms with Gasteiger partial charge in [-0.2, -0.15) is 0 Å². The predicted molar refractivity (Wildman–Crippen MR) is 100 cm³/mol. The molecule has 1 aromatic rings. The van der Waals surface area contributed by atoms with E-state index in [1.54, 1.807) is 0 Å². The van der Waals surface area contributed by atoms with Crippen molar-refractivity contribution in [1.82, 2.24) is 10.9 Å². The molecule has 148 valence electrons. The molecule has 0 radical (unpaired) electrons. The van der Waals surface area contributed by atoms with Gasteiger partial charge in [0.15, 0.2) is 6.61 Å². The minimum Gasteiger partial charge on any atom is -0.483 e. The number of ether oxygens (including phenoxy) is 1. The fourth-order valence-electron chi connectivity index (χ4n) is 3.38. The molecular weight excluding hydrogens is 348 g/mol. The molecular formula is C20H28N2O5. The van der Waals surface area contributed by atoms with E-state index in [4.69, 9.17) is 4.74 Å². The first-order chi connectivity index (χ1) is 12.9. The van der Waals surface area contributed by atoms with Gasteiger partial charge in [0.25, 0.3) is 5.91 Å². The minimum atomic E-state index is -0.967. The number of carboxylic acid groups (broad SMARTS) is 1. The van der Waals surface area contributed by atoms with E-state index >= 15 is 0 Å². The second-order valence-corrected chi connectivity index (χ2v) is 7.01. The fourth-order valence-corrected chi connectivity index (χ4v) is 3.38. The number of carbonyl (C=O) groups is 3. The van der Waals surface area contributed by atoms with Crippen molar-refractivity contribution in [2.75, 3.05) is 6.61 Å². The van der Waals surface area contributed by atoms with E-state index < -0.39 is 29.6 Å². The molecule has 0 bridgehead atoms. The Morgan fingerprint density at radius 1 is 1.15 bits per heavy atom. The van der Waals surface area contributed by atoms with Crippen molar-refractivity contribution < 1.29 is 24.2 Å². The predicted octanol–water partition coefficient (Wildman–Crippen LogP) is 2.62. The Balaban J connectivity index is 1.84. The molecule has 7 heteroatoms. The van der Waals surface area contributed by atoms with Crippen molar-refractivity contribution in [3.05, 3.63) is 29.8 Å². The van der Waals surface area contributed by atoms with Gasteiger partial charge in [0.2, 0.25) is 5.91 Å². The van der Waals surface area contributed by atoms with Crippen molar-refractivity contribution in [3.8, 4) is 5.75 Å². The van der Waals surface area contributed by atoms with E-state index in [0.29, 0.717) is 24.5 Å². The molecule has 1 aliphatic carbocycles. The molecule has 0 aliphatic heterocycles. The molecule has 1 aromatic carbocycles. The number of hydrazine groups is 1. The number of hydrogen-bond acceptors (Lipinski definition) is 4. The molecule has 3 atom stereocenters. The van der Waals surface area contributed by atoms with E-state index in [-0.39, 0.29) is 6.61 Å². The molecule has 3 N–H and O–H groups in total. The third-order valence-electron chi connectivity index (χ3n) is 5.17. The van der Waals surface area contributed by atoms with Gasteiger partial charge in [0, 0.05) is 0 Å². The molecule has 0 heterocycles. The minimum absolute atomic E-state index is 0.235. The van der Waals surface area contributed by atoms with Gasteiger partial charge in [-0.3, -0.25) is 25.2 Å². The molecule has 1 aliphatic rings. The fraction of sp³-hybridized carbons (Fsp3) is 0.550. The molecule has 1 saturated carbocycles. The summed E-state index contributed by atoms with van der Waals surface area (Å²) in [5, 5.41) is 9.25. The SMILES string of the molecule is CCC(C)c1ccccc1OCC(=O)NNC(=O)[C@@H]1CCCC[C@@H]1C(=O)O. The average molecular weight is 376 g/mol. The number of nitrogens with one attached hydrogen (secondary N) is 2. The summed E-state index contributed by atoms with van der Waals surface area (Å²) in [6, 6.07) is 7.55. The van der Waals surface area contributed by atoms with Crippen LogP contribution in [0.25, 0.3) is 0 Å². The Morgan fingerprint density at radius 2 is 1.81 bits per heavy atom. The van der Waals surface area contributed by atoms with Crippen molar-refractivity contribution in [1.29, 1.82) is 0 Å². The third-order valence-corrected chi connectivity index (χ3v) is 5.17. The van der Waals surface area contributed by atoms with Crippen LogP contribution in [-0.4, -0.2) is 29.5 Å². The van der Waals surface area contributed by atoms with E-state index in [1.807, 2.05) is 24.3 Å². The molecule has 2 amide bonds. The maximum absolute atomic E-state index is 12.2. The Kier molecular flexibility index (Phi) is 7.64. The van der Waals surface area contributed by atoms with Crippen LogP contribution in [-0.2, 0) is 14.4 Å². The van der Waals surface area contributed by atoms with E-state index in [0.717, 1.165) is 24.8 Å². The van der Waals surface area contributed by atoms with Gasteiger partial charge in [0.1, 0.15) is 5.75 Å². The maximum atomic E-state index is 12.2. The zero-order chi connectivity index (χ0) is 19.8. The van der Waals surface area contributed by atoms with Gasteiger partial charge in [-0.25, -0.2) is 0 Å². The van der Waals surface area contributed by atoms with Gasteiger partial charge < -0.3 is 9.84 Å². The van der Waals surface area contributed by atoms with Crippen LogP contribution in [0.1, 0.15) is 57.4 Å². The molecule has 1 unspecified atom stereocenters. The summed E-state index contributed by atoms with van der Waals surface area (Å²) in [6.45, 7) is 3.94. The number of carbonyl (C=O) groups excluding carboxylic acids is 2. The first kappa shape index (κ1) is 20.7. The summed E-state index contributed by atoms with van der Waals surface area (Å²) in [7, 11) is 0. The van der Waals surface area contributed by atoms with E-state index in [1.165, 1.54) is 0 Å². The Morgan fingerprint density at radius 3 is 2.48 bits per heavy atom. The van der Waals surface area contributed by atoms with Crippen LogP contribution in [0.15, 0.2) is 24.3 Å². The van der Waals surface area contributed by atoms with E-state index in [2.05, 4.69) is 24.7 Å². The highest BCUT2D eigenvalue weighted by Crippen LogP contribution is 2.30. The Bertz CT molecular complexity index is 676. The second kappa shape index (κ2) is 9.94. The number of carboxylic acids is 1. The molecule has 0 aromatic heterocycles. The highest BCUT2D eigenvalue weighted by molar-refractivity contribution is 5.87. The lowest BCUT2D eigenvalue weighted by molar-refractivity contribution is -0.149. The molecule has 1 fully saturated rings. The van der Waals surface area contributed by atoms with Crippen LogP contribution >= 0.6 is 0 Å². The average Bonchev–Trinajstić information content (AvgIpc) is 2.69. The summed E-state index contributed by atoms with van der Waals surface area (Å²) >= 11 is 0. The molecule has 0 spiro atoms. The zero-order valence-electron chi connectivity index (χ0n) is 15.9. The molecule has 2 rings (SSSR count). The monoisotopic (exact) mass is 376 g/mol. The highest BCUT2D eigenvalue weighted by atomic mass is 16.5. The van der Waals surface area contributed by atoms with Gasteiger partial charge >= 0.3 is 5.97 Å². The van der Waals surface area contributed by atoms with Crippen LogP contribution < -0.4 is 15.6 Å². The summed E-state index contributed by atoms with van der Waals surface area (Å²) < 4.78 is 5.60. The van der Waals surface area contributed by atoms with Crippen molar-refractivity contribution in [3.63, 3.8) is 0 Å². The lowest BCUT2D eigenvalue weighted by Crippen LogP contribution is -2.49. The number of aliphatic carboxylic acids is 1. The number of para-hydroxylation sites is 1. The summed E-state index contributed by atoms with van der Waals surface area (Å²) in [5.41, 5.74) is 5.69. The number of rotatable bonds is 7. The highest BCUT2D eigenvalue weighted by Gasteiger charge is 2.35. The number of hydrogen-bond donors (Lipinski definition) is 3. The summed E-state index contributed by atoms with van der Waals surface area (Å²) in [6.07, 6.45) is 3.56. The van der Waals surface area contributed by atoms with Crippen molar-refractivity contribution >= 4 is 17.8 Å². The van der Waals surface area contributed by atoms with Gasteiger partial charge in [-0.05, 0) is 36.8 Å². The maximum Gasteiger partial charge on any atom is 0.307 e. The Hall–Kier alpha value is -2.57. The van der Waals surface area contributed by atoms with Crippen LogP contribution in [0.4, 0.5) is 0 Å². The quantitative estimate of drug-likeness (QED) is 0.635. The second-order valence-electron chi connectivity index (χ2n) is 7.01. The Labute approximate surface area is 159 Å². The first-order valence-electron chi connectivity index (χ1n) is 9.47. The van der Waals surface area contributed by atoms with Crippen molar-refractivity contribution in [2.45, 2.75) is 51.9 Å². The summed E-state index contributed by atoms with van der Waals surface area (Å²) in [5.74, 6) is -2.29. The van der Waals surface area contributed by atoms with Gasteiger partial charge in [-0.15, -0.1) is 0 Å². The third kappa shape index (κ3) is 5.70. The normalized spacial score (nSPS) is 20.4. The smallest absolute Gasteiger partial charge is 0.307 e. The van der Waals surface area contributed by atoms with Crippen LogP contribution in [0.5, 0.6) is 5.75 Å². The number of benzene rings is 1. The van der Waals surface area contributed by atoms with Crippen LogP contribution in [0, 0.1) is 11.8 Å². The largest absolute Gasteiger partial charge is 0.483 e. The molecule has 0 saturated heterocycles. The van der Waals surface area contributed by atoms with Crippen molar-refractivity contribution in [2.24, 2.45) is 11.8 Å². The number of amides is 2. The van der Waals surface area contributed by atoms with Crippen LogP contribution in [0.3, 0.4) is 0 Å². The van der Waals surface area contributed by atoms with E-state index in [9.17, 15) is 19.5 Å². The van der Waals surface area contributed by atoms with Gasteiger partial charge in [-0.1, -0.05) is 44.9 Å². The zero-order valence-corrected chi connectivity index (χ0v) is 15.9. The molecule has 7 nitrogen and oxygen atoms in total. The summed E-state index contributed by atoms with van der Waals surface area (Å²) in [4.78, 5) is 35.5. The molecule has 27 heavy (non-hydrogen) atoms. The van der Waals surface area contributed by atoms with Gasteiger partial charge in [0.05, 0.1) is 11.8 Å². The topological polar surface area (TPSA) is 105 Å². The standard InChI is InChI=1S/C20H28N2O5/c1-3-13(2)14-8-6-7-11-17(14)27-12-18(23)21-22-19(24)15-9-4-5-10-16(15)20(25)26/h6-8,11,13,15-16H,3-5,9-10,12H2,1-2H3,(H,21,23)(H,22,24)(H,25,26)/t13?,15-,16+/m1/s1. The van der Waals surface area contributed by atoms with Crippen LogP contribution in [0.2, 0.25) is 0 Å². The lowest BCUT2D eigenvalue weighted by atomic mass is 9.79. The first-order valence-corrected chi connectivity index (χ1v) is 9.47.